The minimum absolute atomic E-state index is 0.0808. The highest BCUT2D eigenvalue weighted by molar-refractivity contribution is 5.69. The van der Waals surface area contributed by atoms with E-state index in [1.165, 1.54) is 70.6 Å². The number of carbonyl (C=O) groups is 1. The van der Waals surface area contributed by atoms with Gasteiger partial charge in [0.2, 0.25) is 0 Å². The van der Waals surface area contributed by atoms with Crippen LogP contribution in [0.3, 0.4) is 0 Å². The van der Waals surface area contributed by atoms with Crippen LogP contribution in [0.25, 0.3) is 0 Å². The lowest BCUT2D eigenvalue weighted by molar-refractivity contribution is -0.145. The van der Waals surface area contributed by atoms with Gasteiger partial charge < -0.3 is 9.47 Å². The van der Waals surface area contributed by atoms with Gasteiger partial charge >= 0.3 is 5.97 Å². The van der Waals surface area contributed by atoms with E-state index in [2.05, 4.69) is 26.0 Å². The number of ether oxygens (including phenoxy) is 2. The van der Waals surface area contributed by atoms with Gasteiger partial charge in [0.15, 0.2) is 0 Å². The molecule has 0 aliphatic carbocycles. The zero-order valence-electron chi connectivity index (χ0n) is 17.6. The Bertz CT molecular complexity index is 313. The molecule has 0 saturated heterocycles. The van der Waals surface area contributed by atoms with Crippen molar-refractivity contribution in [1.29, 1.82) is 0 Å². The summed E-state index contributed by atoms with van der Waals surface area (Å²) in [5.41, 5.74) is 0. The Kier molecular flexibility index (Phi) is 21.5. The van der Waals surface area contributed by atoms with Crippen LogP contribution in [0.15, 0.2) is 12.2 Å². The molecule has 0 aliphatic heterocycles. The molecule has 0 radical (unpaired) electrons. The Morgan fingerprint density at radius 3 is 1.85 bits per heavy atom. The second kappa shape index (κ2) is 22.2. The van der Waals surface area contributed by atoms with Crippen LogP contribution < -0.4 is 0 Å². The first kappa shape index (κ1) is 25.2. The van der Waals surface area contributed by atoms with Crippen LogP contribution in [0.2, 0.25) is 0 Å². The van der Waals surface area contributed by atoms with Crippen molar-refractivity contribution < 1.29 is 14.3 Å². The molecule has 0 bridgehead atoms. The smallest absolute Gasteiger partial charge is 0.305 e. The second-order valence-electron chi connectivity index (χ2n) is 7.17. The first-order valence-electron chi connectivity index (χ1n) is 11.2. The van der Waals surface area contributed by atoms with Crippen LogP contribution in [0.4, 0.5) is 0 Å². The molecule has 0 atom stereocenters. The lowest BCUT2D eigenvalue weighted by Crippen LogP contribution is -2.10. The monoisotopic (exact) mass is 368 g/mol. The van der Waals surface area contributed by atoms with Crippen molar-refractivity contribution in [2.24, 2.45) is 0 Å². The summed E-state index contributed by atoms with van der Waals surface area (Å²) in [7, 11) is 0. The number of hydrogen-bond acceptors (Lipinski definition) is 3. The zero-order valence-corrected chi connectivity index (χ0v) is 17.6. The van der Waals surface area contributed by atoms with Gasteiger partial charge in [0.25, 0.3) is 0 Å². The van der Waals surface area contributed by atoms with E-state index in [9.17, 15) is 4.79 Å². The van der Waals surface area contributed by atoms with Gasteiger partial charge in [0.05, 0.1) is 6.61 Å². The average molecular weight is 369 g/mol. The van der Waals surface area contributed by atoms with Crippen molar-refractivity contribution in [3.63, 3.8) is 0 Å². The van der Waals surface area contributed by atoms with Crippen LogP contribution >= 0.6 is 0 Å². The molecule has 0 N–H and O–H groups in total. The van der Waals surface area contributed by atoms with Gasteiger partial charge in [-0.25, -0.2) is 0 Å². The van der Waals surface area contributed by atoms with E-state index in [0.29, 0.717) is 19.6 Å². The number of allylic oxidation sites excluding steroid dienone is 2. The molecule has 0 rings (SSSR count). The van der Waals surface area contributed by atoms with Crippen LogP contribution in [0.5, 0.6) is 0 Å². The molecular weight excluding hydrogens is 324 g/mol. The van der Waals surface area contributed by atoms with E-state index in [1.54, 1.807) is 0 Å². The van der Waals surface area contributed by atoms with Crippen LogP contribution in [-0.2, 0) is 14.3 Å². The summed E-state index contributed by atoms with van der Waals surface area (Å²) in [5, 5.41) is 0. The molecule has 0 aromatic heterocycles. The third kappa shape index (κ3) is 21.2. The number of unbranched alkanes of at least 4 members (excludes halogenated alkanes) is 11. The van der Waals surface area contributed by atoms with Gasteiger partial charge in [0.1, 0.15) is 6.61 Å². The van der Waals surface area contributed by atoms with Gasteiger partial charge in [0, 0.05) is 13.0 Å². The van der Waals surface area contributed by atoms with E-state index in [-0.39, 0.29) is 5.97 Å². The first-order valence-corrected chi connectivity index (χ1v) is 11.2. The predicted molar refractivity (Wildman–Crippen MR) is 112 cm³/mol. The second-order valence-corrected chi connectivity index (χ2v) is 7.17. The third-order valence-electron chi connectivity index (χ3n) is 4.48. The number of carbonyl (C=O) groups excluding carboxylic acids is 1. The maximum Gasteiger partial charge on any atom is 0.305 e. The van der Waals surface area contributed by atoms with Gasteiger partial charge in [-0.3, -0.25) is 4.79 Å². The largest absolute Gasteiger partial charge is 0.463 e. The quantitative estimate of drug-likeness (QED) is 0.132. The summed E-state index contributed by atoms with van der Waals surface area (Å²) in [6.07, 6.45) is 22.8. The third-order valence-corrected chi connectivity index (χ3v) is 4.48. The summed E-state index contributed by atoms with van der Waals surface area (Å²) >= 11 is 0. The van der Waals surface area contributed by atoms with E-state index >= 15 is 0 Å². The van der Waals surface area contributed by atoms with E-state index in [1.807, 2.05) is 0 Å². The molecule has 0 aromatic carbocycles. The van der Waals surface area contributed by atoms with E-state index < -0.39 is 0 Å². The molecule has 26 heavy (non-hydrogen) atoms. The molecule has 3 nitrogen and oxygen atoms in total. The maximum absolute atomic E-state index is 11.5. The van der Waals surface area contributed by atoms with Crippen molar-refractivity contribution in [1.82, 2.24) is 0 Å². The van der Waals surface area contributed by atoms with Crippen LogP contribution in [-0.4, -0.2) is 25.8 Å². The fourth-order valence-corrected chi connectivity index (χ4v) is 2.87. The molecule has 0 aliphatic rings. The Morgan fingerprint density at radius 2 is 1.23 bits per heavy atom. The summed E-state index contributed by atoms with van der Waals surface area (Å²) in [6, 6.07) is 0. The summed E-state index contributed by atoms with van der Waals surface area (Å²) in [5.74, 6) is -0.0808. The lowest BCUT2D eigenvalue weighted by atomic mass is 10.1. The van der Waals surface area contributed by atoms with Crippen molar-refractivity contribution in [2.45, 2.75) is 110 Å². The Balaban J connectivity index is 3.18. The number of rotatable bonds is 20. The van der Waals surface area contributed by atoms with Crippen LogP contribution in [0, 0.1) is 0 Å². The van der Waals surface area contributed by atoms with Gasteiger partial charge in [-0.15, -0.1) is 0 Å². The first-order chi connectivity index (χ1) is 12.8. The highest BCUT2D eigenvalue weighted by atomic mass is 16.6. The molecule has 0 saturated carbocycles. The fourth-order valence-electron chi connectivity index (χ4n) is 2.87. The van der Waals surface area contributed by atoms with Crippen molar-refractivity contribution in [2.75, 3.05) is 19.8 Å². The summed E-state index contributed by atoms with van der Waals surface area (Å²) in [6.45, 7) is 5.99. The fraction of sp³-hybridized carbons (Fsp3) is 0.870. The molecule has 0 spiro atoms. The van der Waals surface area contributed by atoms with Gasteiger partial charge in [-0.2, -0.15) is 0 Å². The van der Waals surface area contributed by atoms with E-state index in [4.69, 9.17) is 9.47 Å². The topological polar surface area (TPSA) is 35.5 Å². The average Bonchev–Trinajstić information content (AvgIpc) is 2.64. The minimum atomic E-state index is -0.0808. The maximum atomic E-state index is 11.5. The standard InChI is InChI=1S/C23H44O3/c1-3-5-6-7-8-9-10-11-12-13-14-15-16-17-18-19-23(24)26-22-21-25-20-4-2/h11-12H,3-10,13-22H2,1-2H3/b12-11-. The van der Waals surface area contributed by atoms with Crippen molar-refractivity contribution in [3.05, 3.63) is 12.2 Å². The highest BCUT2D eigenvalue weighted by Gasteiger charge is 2.02. The van der Waals surface area contributed by atoms with Crippen molar-refractivity contribution >= 4 is 5.97 Å². The SMILES string of the molecule is CCCCCCCC/C=C\CCCCCCCC(=O)OCCOCCC. The molecule has 0 amide bonds. The van der Waals surface area contributed by atoms with Crippen LogP contribution in [0.1, 0.15) is 110 Å². The molecule has 0 unspecified atom stereocenters. The summed E-state index contributed by atoms with van der Waals surface area (Å²) in [4.78, 5) is 11.5. The molecule has 0 heterocycles. The van der Waals surface area contributed by atoms with Gasteiger partial charge in [-0.1, -0.05) is 77.4 Å². The summed E-state index contributed by atoms with van der Waals surface area (Å²) < 4.78 is 10.4. The number of hydrogen-bond donors (Lipinski definition) is 0. The molecular formula is C23H44O3. The molecule has 154 valence electrons. The van der Waals surface area contributed by atoms with Gasteiger partial charge in [-0.05, 0) is 38.5 Å². The number of esters is 1. The molecule has 3 heteroatoms. The minimum Gasteiger partial charge on any atom is -0.463 e. The highest BCUT2D eigenvalue weighted by Crippen LogP contribution is 2.10. The Labute approximate surface area is 162 Å². The predicted octanol–water partition coefficient (Wildman–Crippen LogP) is 6.99. The van der Waals surface area contributed by atoms with Crippen molar-refractivity contribution in [3.8, 4) is 0 Å². The molecule has 0 fully saturated rings. The normalized spacial score (nSPS) is 11.3. The lowest BCUT2D eigenvalue weighted by Gasteiger charge is -2.05. The Hall–Kier alpha value is -0.830. The molecule has 0 aromatic rings. The van der Waals surface area contributed by atoms with E-state index in [0.717, 1.165) is 25.9 Å². The Morgan fingerprint density at radius 1 is 0.654 bits per heavy atom. The zero-order chi connectivity index (χ0) is 19.1.